The predicted molar refractivity (Wildman–Crippen MR) is 215 cm³/mol. The van der Waals surface area contributed by atoms with E-state index in [0.717, 1.165) is 39.6 Å². The number of carboxylic acid groups (broad SMARTS) is 1. The number of benzene rings is 5. The summed E-state index contributed by atoms with van der Waals surface area (Å²) in [5.41, 5.74) is 4.75. The Morgan fingerprint density at radius 1 is 0.649 bits per heavy atom. The lowest BCUT2D eigenvalue weighted by Gasteiger charge is -2.17. The number of halogens is 6. The van der Waals surface area contributed by atoms with Gasteiger partial charge in [-0.3, -0.25) is 4.79 Å². The van der Waals surface area contributed by atoms with Crippen LogP contribution in [0.25, 0.3) is 16.9 Å². The molecule has 294 valence electrons. The van der Waals surface area contributed by atoms with E-state index in [2.05, 4.69) is 31.9 Å². The molecule has 13 heteroatoms. The molecule has 5 aromatic carbocycles. The number of carboxylic acids is 1. The number of hydrogen-bond donors (Lipinski definition) is 1. The third-order valence-corrected chi connectivity index (χ3v) is 9.73. The van der Waals surface area contributed by atoms with E-state index in [1.54, 1.807) is 43.3 Å². The summed E-state index contributed by atoms with van der Waals surface area (Å²) in [6, 6.07) is 26.1. The number of ether oxygens (including phenoxy) is 2. The molecule has 0 fully saturated rings. The fourth-order valence-corrected chi connectivity index (χ4v) is 6.48. The van der Waals surface area contributed by atoms with Gasteiger partial charge < -0.3 is 23.9 Å². The average Bonchev–Trinajstić information content (AvgIpc) is 3.55. The first-order valence-corrected chi connectivity index (χ1v) is 19.0. The van der Waals surface area contributed by atoms with E-state index in [1.165, 1.54) is 25.1 Å². The van der Waals surface area contributed by atoms with Crippen molar-refractivity contribution in [2.75, 3.05) is 0 Å². The molecule has 0 aliphatic heterocycles. The molecule has 1 N–H and O–H groups in total. The molecule has 6 aromatic rings. The zero-order valence-electron chi connectivity index (χ0n) is 30.8. The predicted octanol–water partition coefficient (Wildman–Crippen LogP) is 11.9. The van der Waals surface area contributed by atoms with E-state index >= 15 is 0 Å². The summed E-state index contributed by atoms with van der Waals surface area (Å²) in [4.78, 5) is 35.0. The second-order valence-corrected chi connectivity index (χ2v) is 14.8. The van der Waals surface area contributed by atoms with Gasteiger partial charge in [-0.2, -0.15) is 0 Å². The van der Waals surface area contributed by atoms with E-state index in [4.69, 9.17) is 9.47 Å². The Bertz CT molecular complexity index is 2470. The minimum atomic E-state index is -0.992. The van der Waals surface area contributed by atoms with Gasteiger partial charge in [0.15, 0.2) is 5.78 Å². The van der Waals surface area contributed by atoms with Gasteiger partial charge in [-0.1, -0.05) is 37.9 Å². The van der Waals surface area contributed by atoms with E-state index in [9.17, 15) is 37.1 Å². The van der Waals surface area contributed by atoms with Crippen LogP contribution in [0.3, 0.4) is 0 Å². The molecular weight excluding hydrogens is 874 g/mol. The summed E-state index contributed by atoms with van der Waals surface area (Å²) in [6.07, 6.45) is 0.227. The van der Waals surface area contributed by atoms with Crippen molar-refractivity contribution in [3.05, 3.63) is 169 Å². The number of hydrogen-bond acceptors (Lipinski definition) is 5. The molecule has 1 aromatic heterocycles. The molecule has 0 saturated heterocycles. The lowest BCUT2D eigenvalue weighted by molar-refractivity contribution is -0.117. The Labute approximate surface area is 343 Å². The number of carbonyl (C=O) groups excluding carboxylic acids is 2. The first kappa shape index (κ1) is 42.6. The van der Waals surface area contributed by atoms with Crippen molar-refractivity contribution >= 4 is 49.4 Å². The molecule has 0 aliphatic carbocycles. The van der Waals surface area contributed by atoms with Gasteiger partial charge in [0.2, 0.25) is 0 Å². The zero-order valence-corrected chi connectivity index (χ0v) is 34.0. The maximum Gasteiger partial charge on any atom is 0.336 e. The van der Waals surface area contributed by atoms with Crippen LogP contribution in [-0.4, -0.2) is 27.2 Å². The Hall–Kier alpha value is -5.53. The third-order valence-electron chi connectivity index (χ3n) is 8.75. The molecule has 57 heavy (non-hydrogen) atoms. The molecular formula is C44H35Br2F4NO6. The lowest BCUT2D eigenvalue weighted by Crippen LogP contribution is -2.07. The Kier molecular flexibility index (Phi) is 14.3. The second-order valence-electron chi connectivity index (χ2n) is 13.0. The number of aromatic carboxylic acids is 1. The van der Waals surface area contributed by atoms with E-state index in [0.29, 0.717) is 27.0 Å². The molecule has 7 nitrogen and oxygen atoms in total. The molecule has 0 atom stereocenters. The fraction of sp³-hybridized carbons (Fsp3) is 0.159. The molecule has 0 unspecified atom stereocenters. The van der Waals surface area contributed by atoms with Gasteiger partial charge in [0, 0.05) is 62.0 Å². The largest absolute Gasteiger partial charge is 0.488 e. The standard InChI is InChI=1S/C26H20BrF2NO3.C18H15BrF2O3/c1-15-3-8-20(13-21(15)26(31)32)30-16(2)4-9-24(30)22-11-18(27)6-10-25(22)33-14-17-5-7-19(28)12-23(17)29;1-11(22)2-6-17(23)15-8-13(19)4-7-18(15)24-10-12-3-5-14(20)9-16(12)21/h3-13H,14H2,1-2H3,(H,31,32);3-5,7-9H,2,6,10H2,1H3. The van der Waals surface area contributed by atoms with Crippen LogP contribution in [0.15, 0.2) is 112 Å². The molecule has 0 aliphatic rings. The summed E-state index contributed by atoms with van der Waals surface area (Å²) in [5, 5.41) is 9.55. The van der Waals surface area contributed by atoms with Crippen molar-refractivity contribution in [1.29, 1.82) is 0 Å². The summed E-state index contributed by atoms with van der Waals surface area (Å²) in [5.74, 6) is -3.20. The Balaban J connectivity index is 0.000000230. The van der Waals surface area contributed by atoms with Crippen molar-refractivity contribution in [2.45, 2.75) is 46.8 Å². The first-order valence-electron chi connectivity index (χ1n) is 17.4. The van der Waals surface area contributed by atoms with Crippen LogP contribution < -0.4 is 9.47 Å². The lowest BCUT2D eigenvalue weighted by atomic mass is 10.0. The highest BCUT2D eigenvalue weighted by atomic mass is 79.9. The highest BCUT2D eigenvalue weighted by molar-refractivity contribution is 9.10. The van der Waals surface area contributed by atoms with Gasteiger partial charge in [0.1, 0.15) is 53.8 Å². The third kappa shape index (κ3) is 11.1. The summed E-state index contributed by atoms with van der Waals surface area (Å²) < 4.78 is 68.8. The molecule has 0 spiro atoms. The highest BCUT2D eigenvalue weighted by Crippen LogP contribution is 2.37. The van der Waals surface area contributed by atoms with Crippen LogP contribution >= 0.6 is 31.9 Å². The van der Waals surface area contributed by atoms with Crippen LogP contribution in [0.1, 0.15) is 62.9 Å². The number of Topliss-reactive ketones (excluding diaryl/α,β-unsaturated/α-hetero) is 2. The van der Waals surface area contributed by atoms with Gasteiger partial charge in [-0.15, -0.1) is 0 Å². The number of nitrogens with zero attached hydrogens (tertiary/aromatic N) is 1. The first-order chi connectivity index (χ1) is 27.1. The fourth-order valence-electron chi connectivity index (χ4n) is 5.76. The number of ketones is 2. The molecule has 1 heterocycles. The van der Waals surface area contributed by atoms with Gasteiger partial charge in [0.25, 0.3) is 0 Å². The second kappa shape index (κ2) is 19.1. The topological polar surface area (TPSA) is 94.8 Å². The normalized spacial score (nSPS) is 10.8. The van der Waals surface area contributed by atoms with Crippen molar-refractivity contribution in [3.8, 4) is 28.4 Å². The smallest absolute Gasteiger partial charge is 0.336 e. The van der Waals surface area contributed by atoms with Gasteiger partial charge in [-0.25, -0.2) is 22.4 Å². The van der Waals surface area contributed by atoms with Crippen LogP contribution in [0.2, 0.25) is 0 Å². The van der Waals surface area contributed by atoms with Crippen LogP contribution in [0.4, 0.5) is 17.6 Å². The van der Waals surface area contributed by atoms with Crippen molar-refractivity contribution in [3.63, 3.8) is 0 Å². The summed E-state index contributed by atoms with van der Waals surface area (Å²) in [7, 11) is 0. The SMILES string of the molecule is CC(=O)CCC(=O)c1cc(Br)ccc1OCc1ccc(F)cc1F.Cc1ccc(-n2c(C)ccc2-c2cc(Br)ccc2OCc2ccc(F)cc2F)cc1C(=O)O. The van der Waals surface area contributed by atoms with Crippen molar-refractivity contribution in [2.24, 2.45) is 0 Å². The van der Waals surface area contributed by atoms with E-state index in [1.807, 2.05) is 41.8 Å². The quantitative estimate of drug-likeness (QED) is 0.0916. The number of rotatable bonds is 13. The molecule has 6 rings (SSSR count). The maximum atomic E-state index is 14.1. The van der Waals surface area contributed by atoms with Gasteiger partial charge >= 0.3 is 5.97 Å². The number of aromatic nitrogens is 1. The van der Waals surface area contributed by atoms with Crippen LogP contribution in [0.5, 0.6) is 11.5 Å². The summed E-state index contributed by atoms with van der Waals surface area (Å²) in [6.45, 7) is 4.89. The Morgan fingerprint density at radius 3 is 1.81 bits per heavy atom. The Morgan fingerprint density at radius 2 is 1.23 bits per heavy atom. The summed E-state index contributed by atoms with van der Waals surface area (Å²) >= 11 is 6.78. The minimum Gasteiger partial charge on any atom is -0.488 e. The van der Waals surface area contributed by atoms with E-state index < -0.39 is 29.2 Å². The van der Waals surface area contributed by atoms with Crippen LogP contribution in [0, 0.1) is 37.1 Å². The average molecular weight is 910 g/mol. The maximum absolute atomic E-state index is 14.1. The molecule has 0 radical (unpaired) electrons. The van der Waals surface area contributed by atoms with Crippen molar-refractivity contribution in [1.82, 2.24) is 4.57 Å². The number of carbonyl (C=O) groups is 3. The molecule has 0 saturated carbocycles. The van der Waals surface area contributed by atoms with E-state index in [-0.39, 0.29) is 60.1 Å². The van der Waals surface area contributed by atoms with Crippen LogP contribution in [-0.2, 0) is 18.0 Å². The van der Waals surface area contributed by atoms with Gasteiger partial charge in [0.05, 0.1) is 16.8 Å². The number of aryl methyl sites for hydroxylation is 2. The zero-order chi connectivity index (χ0) is 41.4. The van der Waals surface area contributed by atoms with Crippen molar-refractivity contribution < 1.29 is 46.5 Å². The molecule has 0 bridgehead atoms. The highest BCUT2D eigenvalue weighted by Gasteiger charge is 2.18. The van der Waals surface area contributed by atoms with Gasteiger partial charge in [-0.05, 0) is 111 Å². The molecule has 0 amide bonds. The monoisotopic (exact) mass is 907 g/mol. The minimum absolute atomic E-state index is 0.0748.